The highest BCUT2D eigenvalue weighted by atomic mass is 32.2. The van der Waals surface area contributed by atoms with Crippen LogP contribution in [0.25, 0.3) is 0 Å². The number of benzene rings is 1. The summed E-state index contributed by atoms with van der Waals surface area (Å²) in [7, 11) is 1.81. The van der Waals surface area contributed by atoms with Crippen LogP contribution < -0.4 is 15.5 Å². The minimum atomic E-state index is 0.769. The summed E-state index contributed by atoms with van der Waals surface area (Å²) in [5, 5.41) is 9.97. The second-order valence-corrected chi connectivity index (χ2v) is 8.51. The number of hydrogen-bond donors (Lipinski definition) is 2. The molecule has 0 saturated carbocycles. The van der Waals surface area contributed by atoms with Gasteiger partial charge in [-0.05, 0) is 24.6 Å². The Kier molecular flexibility index (Phi) is 7.20. The maximum absolute atomic E-state index is 4.49. The number of rotatable bonds is 6. The molecule has 1 aliphatic heterocycles. The van der Waals surface area contributed by atoms with E-state index in [1.54, 1.807) is 18.4 Å². The maximum Gasteiger partial charge on any atom is 0.191 e. The van der Waals surface area contributed by atoms with Crippen LogP contribution in [-0.2, 0) is 13.0 Å². The van der Waals surface area contributed by atoms with Crippen LogP contribution in [0, 0.1) is 6.92 Å². The highest BCUT2D eigenvalue weighted by molar-refractivity contribution is 7.99. The predicted octanol–water partition coefficient (Wildman–Crippen LogP) is 2.91. The molecule has 1 saturated heterocycles. The molecule has 2 N–H and O–H groups in total. The van der Waals surface area contributed by atoms with Gasteiger partial charge in [-0.2, -0.15) is 11.8 Å². The Morgan fingerprint density at radius 1 is 1.19 bits per heavy atom. The number of thioether (sulfide) groups is 1. The van der Waals surface area contributed by atoms with Crippen LogP contribution in [0.3, 0.4) is 0 Å². The molecule has 2 aromatic rings. The average molecular weight is 390 g/mol. The van der Waals surface area contributed by atoms with E-state index in [0.717, 1.165) is 49.3 Å². The van der Waals surface area contributed by atoms with E-state index < -0.39 is 0 Å². The minimum absolute atomic E-state index is 0.769. The minimum Gasteiger partial charge on any atom is -0.370 e. The first-order valence-electron chi connectivity index (χ1n) is 9.02. The number of aliphatic imine (C=N–C) groups is 1. The van der Waals surface area contributed by atoms with Gasteiger partial charge in [-0.1, -0.05) is 12.1 Å². The van der Waals surface area contributed by atoms with Gasteiger partial charge < -0.3 is 15.5 Å². The van der Waals surface area contributed by atoms with E-state index in [1.165, 1.54) is 22.8 Å². The van der Waals surface area contributed by atoms with Crippen LogP contribution in [0.1, 0.15) is 16.3 Å². The van der Waals surface area contributed by atoms with Gasteiger partial charge in [0.2, 0.25) is 0 Å². The van der Waals surface area contributed by atoms with Crippen LogP contribution >= 0.6 is 23.1 Å². The Morgan fingerprint density at radius 2 is 1.96 bits per heavy atom. The van der Waals surface area contributed by atoms with E-state index in [0.29, 0.717) is 0 Å². The van der Waals surface area contributed by atoms with E-state index in [4.69, 9.17) is 0 Å². The molecule has 0 atom stereocenters. The summed E-state index contributed by atoms with van der Waals surface area (Å²) >= 11 is 3.74. The number of nitrogens with zero attached hydrogens (tertiary/aromatic N) is 3. The van der Waals surface area contributed by atoms with Gasteiger partial charge in [0.25, 0.3) is 0 Å². The van der Waals surface area contributed by atoms with Gasteiger partial charge in [0.1, 0.15) is 0 Å². The lowest BCUT2D eigenvalue weighted by Crippen LogP contribution is -2.37. The molecule has 0 radical (unpaired) electrons. The van der Waals surface area contributed by atoms with Crippen molar-refractivity contribution in [2.75, 3.05) is 43.1 Å². The predicted molar refractivity (Wildman–Crippen MR) is 115 cm³/mol. The third-order valence-corrected chi connectivity index (χ3v) is 6.10. The van der Waals surface area contributed by atoms with Crippen LogP contribution in [0.2, 0.25) is 0 Å². The smallest absolute Gasteiger partial charge is 0.191 e. The molecule has 140 valence electrons. The Labute approximate surface area is 164 Å². The normalized spacial score (nSPS) is 15.2. The zero-order valence-electron chi connectivity index (χ0n) is 15.5. The van der Waals surface area contributed by atoms with Crippen molar-refractivity contribution in [2.24, 2.45) is 4.99 Å². The van der Waals surface area contributed by atoms with E-state index in [9.17, 15) is 0 Å². The fourth-order valence-electron chi connectivity index (χ4n) is 2.88. The lowest BCUT2D eigenvalue weighted by molar-refractivity contribution is 0.785. The SMILES string of the molecule is CN=C(NCCc1csc(C)n1)NCc1ccc(N2CCSCC2)cc1. The first kappa shape index (κ1) is 19.0. The average Bonchev–Trinajstić information content (AvgIpc) is 3.11. The highest BCUT2D eigenvalue weighted by Crippen LogP contribution is 2.19. The zero-order valence-corrected chi connectivity index (χ0v) is 17.1. The van der Waals surface area contributed by atoms with Gasteiger partial charge in [-0.25, -0.2) is 4.98 Å². The van der Waals surface area contributed by atoms with Gasteiger partial charge in [-0.3, -0.25) is 4.99 Å². The number of nitrogens with one attached hydrogen (secondary N) is 2. The van der Waals surface area contributed by atoms with Gasteiger partial charge >= 0.3 is 0 Å². The molecule has 0 bridgehead atoms. The summed E-state index contributed by atoms with van der Waals surface area (Å²) in [4.78, 5) is 11.2. The molecule has 3 rings (SSSR count). The standard InChI is InChI=1S/C19H27N5S2/c1-15-23-17(14-26-15)7-8-21-19(20-2)22-13-16-3-5-18(6-4-16)24-9-11-25-12-10-24/h3-6,14H,7-13H2,1-2H3,(H2,20,21,22). The van der Waals surface area contributed by atoms with Crippen LogP contribution in [0.5, 0.6) is 0 Å². The molecule has 0 amide bonds. The van der Waals surface area contributed by atoms with Gasteiger partial charge in [0, 0.05) is 62.2 Å². The molecule has 1 fully saturated rings. The number of guanidine groups is 1. The lowest BCUT2D eigenvalue weighted by atomic mass is 10.2. The van der Waals surface area contributed by atoms with Crippen molar-refractivity contribution in [1.82, 2.24) is 15.6 Å². The summed E-state index contributed by atoms with van der Waals surface area (Å²) in [6.45, 7) is 5.94. The molecule has 5 nitrogen and oxygen atoms in total. The molecular weight excluding hydrogens is 362 g/mol. The molecule has 2 heterocycles. The largest absolute Gasteiger partial charge is 0.370 e. The first-order chi connectivity index (χ1) is 12.7. The summed E-state index contributed by atoms with van der Waals surface area (Å²) in [6.07, 6.45) is 0.911. The monoisotopic (exact) mass is 389 g/mol. The van der Waals surface area contributed by atoms with E-state index in [-0.39, 0.29) is 0 Å². The Bertz CT molecular complexity index is 705. The molecule has 7 heteroatoms. The molecule has 1 aromatic heterocycles. The first-order valence-corrected chi connectivity index (χ1v) is 11.0. The third-order valence-electron chi connectivity index (χ3n) is 4.34. The Balaban J connectivity index is 1.42. The number of anilines is 1. The lowest BCUT2D eigenvalue weighted by Gasteiger charge is -2.28. The summed E-state index contributed by atoms with van der Waals surface area (Å²) < 4.78 is 0. The van der Waals surface area contributed by atoms with E-state index in [2.05, 4.69) is 55.2 Å². The molecular formula is C19H27N5S2. The second-order valence-electron chi connectivity index (χ2n) is 6.23. The maximum atomic E-state index is 4.49. The number of aryl methyl sites for hydroxylation is 1. The second kappa shape index (κ2) is 9.83. The van der Waals surface area contributed by atoms with Crippen molar-refractivity contribution in [3.8, 4) is 0 Å². The summed E-state index contributed by atoms with van der Waals surface area (Å²) in [5.41, 5.74) is 3.73. The number of thiazole rings is 1. The van der Waals surface area contributed by atoms with Crippen LogP contribution in [-0.4, -0.2) is 49.1 Å². The number of aromatic nitrogens is 1. The Hall–Kier alpha value is -1.73. The molecule has 1 aliphatic rings. The molecule has 1 aromatic carbocycles. The van der Waals surface area contributed by atoms with E-state index >= 15 is 0 Å². The molecule has 26 heavy (non-hydrogen) atoms. The zero-order chi connectivity index (χ0) is 18.2. The fourth-order valence-corrected chi connectivity index (χ4v) is 4.43. The Morgan fingerprint density at radius 3 is 2.62 bits per heavy atom. The molecule has 0 unspecified atom stereocenters. The van der Waals surface area contributed by atoms with Gasteiger partial charge in [-0.15, -0.1) is 11.3 Å². The van der Waals surface area contributed by atoms with Crippen molar-refractivity contribution in [3.63, 3.8) is 0 Å². The van der Waals surface area contributed by atoms with Crippen molar-refractivity contribution in [1.29, 1.82) is 0 Å². The van der Waals surface area contributed by atoms with E-state index in [1.807, 2.05) is 18.7 Å². The van der Waals surface area contributed by atoms with Crippen molar-refractivity contribution >= 4 is 34.7 Å². The third kappa shape index (κ3) is 5.64. The quantitative estimate of drug-likeness (QED) is 0.588. The fraction of sp³-hybridized carbons (Fsp3) is 0.474. The highest BCUT2D eigenvalue weighted by Gasteiger charge is 2.10. The topological polar surface area (TPSA) is 52.6 Å². The van der Waals surface area contributed by atoms with Gasteiger partial charge in [0.15, 0.2) is 5.96 Å². The molecule has 0 aliphatic carbocycles. The number of hydrogen-bond acceptors (Lipinski definition) is 5. The summed E-state index contributed by atoms with van der Waals surface area (Å²) in [5.74, 6) is 3.28. The van der Waals surface area contributed by atoms with Crippen molar-refractivity contribution in [2.45, 2.75) is 19.9 Å². The summed E-state index contributed by atoms with van der Waals surface area (Å²) in [6, 6.07) is 8.87. The van der Waals surface area contributed by atoms with Crippen molar-refractivity contribution in [3.05, 3.63) is 45.9 Å². The van der Waals surface area contributed by atoms with Crippen LogP contribution in [0.4, 0.5) is 5.69 Å². The molecule has 0 spiro atoms. The van der Waals surface area contributed by atoms with Crippen molar-refractivity contribution < 1.29 is 0 Å². The van der Waals surface area contributed by atoms with Crippen LogP contribution in [0.15, 0.2) is 34.6 Å². The van der Waals surface area contributed by atoms with Gasteiger partial charge in [0.05, 0.1) is 10.7 Å².